The summed E-state index contributed by atoms with van der Waals surface area (Å²) in [6.07, 6.45) is 7.26. The van der Waals surface area contributed by atoms with E-state index in [0.29, 0.717) is 0 Å². The number of rotatable bonds is 7. The fraction of sp³-hybridized carbons (Fsp3) is 0.400. The highest BCUT2D eigenvalue weighted by Gasteiger charge is 1.97. The first kappa shape index (κ1) is 13.5. The van der Waals surface area contributed by atoms with E-state index in [-0.39, 0.29) is 0 Å². The van der Waals surface area contributed by atoms with E-state index >= 15 is 0 Å². The van der Waals surface area contributed by atoms with Gasteiger partial charge in [-0.15, -0.1) is 0 Å². The van der Waals surface area contributed by atoms with Gasteiger partial charge in [-0.1, -0.05) is 0 Å². The van der Waals surface area contributed by atoms with Crippen molar-refractivity contribution < 1.29 is 4.74 Å². The van der Waals surface area contributed by atoms with E-state index in [1.54, 1.807) is 0 Å². The first-order chi connectivity index (χ1) is 9.25. The number of hydrogen-bond donors (Lipinski definition) is 1. The monoisotopic (exact) mass is 259 g/mol. The van der Waals surface area contributed by atoms with Gasteiger partial charge in [0.2, 0.25) is 0 Å². The summed E-state index contributed by atoms with van der Waals surface area (Å²) in [4.78, 5) is 4.21. The molecule has 4 nitrogen and oxygen atoms in total. The molecule has 0 bridgehead atoms. The number of nitrogen functional groups attached to an aromatic ring is 1. The Morgan fingerprint density at radius 1 is 1.16 bits per heavy atom. The zero-order valence-corrected chi connectivity index (χ0v) is 11.4. The number of anilines is 1. The van der Waals surface area contributed by atoms with Crippen molar-refractivity contribution >= 4 is 5.69 Å². The Kier molecular flexibility index (Phi) is 4.84. The van der Waals surface area contributed by atoms with Crippen molar-refractivity contribution in [3.8, 4) is 5.75 Å². The maximum atomic E-state index is 5.65. The largest absolute Gasteiger partial charge is 0.494 e. The number of unbranched alkanes of at least 4 members (excludes halogenated alkanes) is 2. The minimum absolute atomic E-state index is 0.757. The molecule has 2 rings (SSSR count). The van der Waals surface area contributed by atoms with E-state index in [1.807, 2.05) is 43.6 Å². The Labute approximate surface area is 114 Å². The number of aryl methyl sites for hydroxylation is 2. The molecule has 102 valence electrons. The highest BCUT2D eigenvalue weighted by Crippen LogP contribution is 2.13. The highest BCUT2D eigenvalue weighted by molar-refractivity contribution is 5.41. The van der Waals surface area contributed by atoms with Crippen molar-refractivity contribution in [2.24, 2.45) is 0 Å². The van der Waals surface area contributed by atoms with Crippen molar-refractivity contribution in [3.63, 3.8) is 0 Å². The number of imidazole rings is 1. The third-order valence-electron chi connectivity index (χ3n) is 3.12. The second kappa shape index (κ2) is 6.83. The van der Waals surface area contributed by atoms with E-state index in [0.717, 1.165) is 49.7 Å². The number of nitrogens with two attached hydrogens (primary N) is 1. The molecular formula is C15H21N3O. The second-order valence-electron chi connectivity index (χ2n) is 4.65. The van der Waals surface area contributed by atoms with Gasteiger partial charge in [-0.2, -0.15) is 0 Å². The third kappa shape index (κ3) is 4.32. The lowest BCUT2D eigenvalue weighted by atomic mass is 10.2. The number of nitrogens with zero attached hydrogens (tertiary/aromatic N) is 2. The molecule has 0 saturated heterocycles. The molecule has 1 heterocycles. The van der Waals surface area contributed by atoms with Gasteiger partial charge in [0.15, 0.2) is 0 Å². The smallest absolute Gasteiger partial charge is 0.119 e. The molecule has 0 aliphatic rings. The molecule has 0 fully saturated rings. The third-order valence-corrected chi connectivity index (χ3v) is 3.12. The molecule has 0 saturated carbocycles. The minimum atomic E-state index is 0.757. The summed E-state index contributed by atoms with van der Waals surface area (Å²) in [5, 5.41) is 0. The average molecular weight is 259 g/mol. The van der Waals surface area contributed by atoms with Crippen LogP contribution in [-0.2, 0) is 6.54 Å². The molecule has 0 atom stereocenters. The molecule has 0 unspecified atom stereocenters. The fourth-order valence-corrected chi connectivity index (χ4v) is 1.96. The van der Waals surface area contributed by atoms with E-state index < -0.39 is 0 Å². The molecule has 19 heavy (non-hydrogen) atoms. The van der Waals surface area contributed by atoms with Gasteiger partial charge in [0, 0.05) is 24.6 Å². The molecule has 2 N–H and O–H groups in total. The predicted molar refractivity (Wildman–Crippen MR) is 77.2 cm³/mol. The summed E-state index contributed by atoms with van der Waals surface area (Å²) in [6.45, 7) is 3.82. The van der Waals surface area contributed by atoms with Gasteiger partial charge in [-0.3, -0.25) is 0 Å². The Morgan fingerprint density at radius 2 is 1.95 bits per heavy atom. The van der Waals surface area contributed by atoms with Gasteiger partial charge < -0.3 is 15.0 Å². The summed E-state index contributed by atoms with van der Waals surface area (Å²) in [5.41, 5.74) is 6.38. The summed E-state index contributed by atoms with van der Waals surface area (Å²) in [6, 6.07) is 7.53. The molecule has 0 radical (unpaired) electrons. The number of benzene rings is 1. The van der Waals surface area contributed by atoms with E-state index in [1.165, 1.54) is 0 Å². The van der Waals surface area contributed by atoms with Crippen molar-refractivity contribution in [3.05, 3.63) is 42.5 Å². The van der Waals surface area contributed by atoms with E-state index in [2.05, 4.69) is 9.55 Å². The van der Waals surface area contributed by atoms with Gasteiger partial charge >= 0.3 is 0 Å². The van der Waals surface area contributed by atoms with E-state index in [9.17, 15) is 0 Å². The van der Waals surface area contributed by atoms with E-state index in [4.69, 9.17) is 10.5 Å². The summed E-state index contributed by atoms with van der Waals surface area (Å²) >= 11 is 0. The lowest BCUT2D eigenvalue weighted by Gasteiger charge is -2.07. The number of hydrogen-bond acceptors (Lipinski definition) is 3. The van der Waals surface area contributed by atoms with Crippen molar-refractivity contribution in [1.29, 1.82) is 0 Å². The minimum Gasteiger partial charge on any atom is -0.494 e. The van der Waals surface area contributed by atoms with Crippen molar-refractivity contribution in [2.45, 2.75) is 32.7 Å². The van der Waals surface area contributed by atoms with Crippen LogP contribution >= 0.6 is 0 Å². The summed E-state index contributed by atoms with van der Waals surface area (Å²) < 4.78 is 7.83. The standard InChI is InChI=1S/C15H21N3O/c1-13-17-9-11-18(13)10-3-2-4-12-19-15-7-5-14(16)6-8-15/h5-9,11H,2-4,10,12,16H2,1H3. The Balaban J connectivity index is 1.57. The Morgan fingerprint density at radius 3 is 2.63 bits per heavy atom. The Bertz CT molecular complexity index is 490. The molecular weight excluding hydrogens is 238 g/mol. The SMILES string of the molecule is Cc1nccn1CCCCCOc1ccc(N)cc1. The van der Waals surface area contributed by atoms with Crippen LogP contribution in [0.5, 0.6) is 5.75 Å². The molecule has 0 aliphatic carbocycles. The molecule has 0 spiro atoms. The van der Waals surface area contributed by atoms with Crippen LogP contribution < -0.4 is 10.5 Å². The fourth-order valence-electron chi connectivity index (χ4n) is 1.96. The summed E-state index contributed by atoms with van der Waals surface area (Å²) in [7, 11) is 0. The van der Waals surface area contributed by atoms with Gasteiger partial charge in [-0.25, -0.2) is 4.98 Å². The van der Waals surface area contributed by atoms with Gasteiger partial charge in [0.25, 0.3) is 0 Å². The van der Waals surface area contributed by atoms with Crippen LogP contribution in [0.2, 0.25) is 0 Å². The lowest BCUT2D eigenvalue weighted by Crippen LogP contribution is -2.01. The van der Waals surface area contributed by atoms with Crippen LogP contribution in [0.3, 0.4) is 0 Å². The van der Waals surface area contributed by atoms with Gasteiger partial charge in [0.1, 0.15) is 11.6 Å². The average Bonchev–Trinajstić information content (AvgIpc) is 2.81. The molecule has 0 aliphatic heterocycles. The van der Waals surface area contributed by atoms with Crippen LogP contribution in [0, 0.1) is 6.92 Å². The van der Waals surface area contributed by atoms with Crippen LogP contribution in [0.15, 0.2) is 36.7 Å². The number of ether oxygens (including phenoxy) is 1. The molecule has 0 amide bonds. The van der Waals surface area contributed by atoms with Crippen LogP contribution in [0.25, 0.3) is 0 Å². The maximum Gasteiger partial charge on any atom is 0.119 e. The lowest BCUT2D eigenvalue weighted by molar-refractivity contribution is 0.304. The first-order valence-electron chi connectivity index (χ1n) is 6.72. The number of aromatic nitrogens is 2. The summed E-state index contributed by atoms with van der Waals surface area (Å²) in [5.74, 6) is 1.97. The van der Waals surface area contributed by atoms with Crippen LogP contribution in [0.4, 0.5) is 5.69 Å². The molecule has 1 aromatic carbocycles. The van der Waals surface area contributed by atoms with Gasteiger partial charge in [-0.05, 0) is 50.5 Å². The quantitative estimate of drug-likeness (QED) is 0.614. The van der Waals surface area contributed by atoms with Crippen LogP contribution in [0.1, 0.15) is 25.1 Å². The van der Waals surface area contributed by atoms with Crippen molar-refractivity contribution in [2.75, 3.05) is 12.3 Å². The first-order valence-corrected chi connectivity index (χ1v) is 6.72. The molecule has 4 heteroatoms. The molecule has 2 aromatic rings. The zero-order chi connectivity index (χ0) is 13.5. The zero-order valence-electron chi connectivity index (χ0n) is 11.4. The normalized spacial score (nSPS) is 10.6. The maximum absolute atomic E-state index is 5.65. The second-order valence-corrected chi connectivity index (χ2v) is 4.65. The molecule has 1 aromatic heterocycles. The highest BCUT2D eigenvalue weighted by atomic mass is 16.5. The van der Waals surface area contributed by atoms with Crippen molar-refractivity contribution in [1.82, 2.24) is 9.55 Å². The topological polar surface area (TPSA) is 53.1 Å². The van der Waals surface area contributed by atoms with Crippen LogP contribution in [-0.4, -0.2) is 16.2 Å². The Hall–Kier alpha value is -1.97. The predicted octanol–water partition coefficient (Wildman–Crippen LogP) is 3.02. The van der Waals surface area contributed by atoms with Gasteiger partial charge in [0.05, 0.1) is 6.61 Å².